The van der Waals surface area contributed by atoms with Crippen molar-refractivity contribution >= 4 is 29.2 Å². The zero-order valence-electron chi connectivity index (χ0n) is 13.4. The van der Waals surface area contributed by atoms with E-state index < -0.39 is 23.9 Å². The van der Waals surface area contributed by atoms with Crippen molar-refractivity contribution in [3.05, 3.63) is 73.1 Å². The van der Waals surface area contributed by atoms with E-state index >= 15 is 0 Å². The van der Waals surface area contributed by atoms with Gasteiger partial charge in [-0.25, -0.2) is 4.79 Å². The van der Waals surface area contributed by atoms with Gasteiger partial charge >= 0.3 is 5.97 Å². The Labute approximate surface area is 157 Å². The number of carbonyl (C=O) groups is 1. The molecule has 0 amide bonds. The highest BCUT2D eigenvalue weighted by Gasteiger charge is 2.39. The number of methoxy groups -OCH3 is 1. The first-order chi connectivity index (χ1) is 12.4. The van der Waals surface area contributed by atoms with E-state index in [1.54, 1.807) is 6.07 Å². The minimum atomic E-state index is -0.930. The number of aliphatic hydroxyl groups excluding tert-OH is 1. The second-order valence-corrected chi connectivity index (χ2v) is 6.22. The van der Waals surface area contributed by atoms with E-state index in [9.17, 15) is 14.7 Å². The molecule has 1 aliphatic heterocycles. The molecule has 0 saturated heterocycles. The van der Waals surface area contributed by atoms with E-state index in [1.807, 2.05) is 0 Å². The van der Waals surface area contributed by atoms with E-state index in [0.29, 0.717) is 10.6 Å². The molecule has 1 atom stereocenters. The average Bonchev–Trinajstić information content (AvgIpc) is 2.62. The molecule has 1 unspecified atom stereocenters. The van der Waals surface area contributed by atoms with Crippen LogP contribution in [0.1, 0.15) is 23.0 Å². The van der Waals surface area contributed by atoms with Crippen molar-refractivity contribution in [3.8, 4) is 5.75 Å². The van der Waals surface area contributed by atoms with Gasteiger partial charge in [-0.05, 0) is 17.7 Å². The number of carbonyl (C=O) groups excluding carboxylic acids is 1. The SMILES string of the molecule is COC(=O)C1=C(N)Oc2c(oc(CO)cc2=O)C1c1ccc(Cl)c(Cl)c1. The van der Waals surface area contributed by atoms with Gasteiger partial charge in [0.2, 0.25) is 17.1 Å². The minimum Gasteiger partial charge on any atom is -0.465 e. The van der Waals surface area contributed by atoms with E-state index in [0.717, 1.165) is 6.07 Å². The van der Waals surface area contributed by atoms with Crippen LogP contribution in [0.5, 0.6) is 5.75 Å². The monoisotopic (exact) mass is 397 g/mol. The fraction of sp³-hybridized carbons (Fsp3) is 0.176. The molecular formula is C17H13Cl2NO6. The summed E-state index contributed by atoms with van der Waals surface area (Å²) < 4.78 is 15.7. The Bertz CT molecular complexity index is 982. The summed E-state index contributed by atoms with van der Waals surface area (Å²) in [7, 11) is 1.18. The Hall–Kier alpha value is -2.48. The molecule has 9 heteroatoms. The number of hydrogen-bond donors (Lipinski definition) is 2. The van der Waals surface area contributed by atoms with E-state index in [2.05, 4.69) is 0 Å². The van der Waals surface area contributed by atoms with Crippen LogP contribution >= 0.6 is 23.2 Å². The van der Waals surface area contributed by atoms with Crippen LogP contribution < -0.4 is 15.9 Å². The van der Waals surface area contributed by atoms with Gasteiger partial charge < -0.3 is 24.7 Å². The molecule has 0 bridgehead atoms. The maximum atomic E-state index is 12.3. The maximum Gasteiger partial charge on any atom is 0.340 e. The van der Waals surface area contributed by atoms with Crippen molar-refractivity contribution in [3.63, 3.8) is 0 Å². The number of benzene rings is 1. The number of hydrogen-bond acceptors (Lipinski definition) is 7. The number of aliphatic hydroxyl groups is 1. The molecule has 1 aromatic heterocycles. The summed E-state index contributed by atoms with van der Waals surface area (Å²) in [5.41, 5.74) is 5.74. The van der Waals surface area contributed by atoms with E-state index in [1.165, 1.54) is 19.2 Å². The lowest BCUT2D eigenvalue weighted by molar-refractivity contribution is -0.136. The lowest BCUT2D eigenvalue weighted by Crippen LogP contribution is -2.29. The molecular weight excluding hydrogens is 385 g/mol. The quantitative estimate of drug-likeness (QED) is 0.763. The molecule has 26 heavy (non-hydrogen) atoms. The Morgan fingerprint density at radius 1 is 1.31 bits per heavy atom. The molecule has 3 rings (SSSR count). The minimum absolute atomic E-state index is 0.00657. The molecule has 2 aromatic rings. The van der Waals surface area contributed by atoms with Crippen molar-refractivity contribution in [1.29, 1.82) is 0 Å². The topological polar surface area (TPSA) is 112 Å². The van der Waals surface area contributed by atoms with Crippen LogP contribution in [0.4, 0.5) is 0 Å². The Morgan fingerprint density at radius 2 is 2.04 bits per heavy atom. The molecule has 2 heterocycles. The van der Waals surface area contributed by atoms with Gasteiger partial charge in [0.05, 0.1) is 23.1 Å². The fourth-order valence-corrected chi connectivity index (χ4v) is 3.00. The fourth-order valence-electron chi connectivity index (χ4n) is 2.70. The van der Waals surface area contributed by atoms with Crippen LogP contribution in [-0.4, -0.2) is 18.2 Å². The third kappa shape index (κ3) is 3.05. The Morgan fingerprint density at radius 3 is 2.65 bits per heavy atom. The summed E-state index contributed by atoms with van der Waals surface area (Å²) in [4.78, 5) is 24.6. The summed E-state index contributed by atoms with van der Waals surface area (Å²) >= 11 is 12.0. The van der Waals surface area contributed by atoms with Crippen molar-refractivity contribution in [2.75, 3.05) is 7.11 Å². The smallest absolute Gasteiger partial charge is 0.340 e. The van der Waals surface area contributed by atoms with Crippen molar-refractivity contribution in [2.45, 2.75) is 12.5 Å². The highest BCUT2D eigenvalue weighted by Crippen LogP contribution is 2.42. The highest BCUT2D eigenvalue weighted by molar-refractivity contribution is 6.42. The standard InChI is InChI=1S/C17H13Cl2NO6/c1-24-17(23)13-12(7-2-3-9(18)10(19)4-7)15-14(26-16(13)20)11(22)5-8(6-21)25-15/h2-5,12,21H,6,20H2,1H3. The zero-order chi connectivity index (χ0) is 19.0. The molecule has 1 aromatic carbocycles. The molecule has 0 fully saturated rings. The van der Waals surface area contributed by atoms with Gasteiger partial charge in [-0.2, -0.15) is 0 Å². The molecule has 1 aliphatic rings. The normalized spacial score (nSPS) is 16.1. The second kappa shape index (κ2) is 7.03. The van der Waals surface area contributed by atoms with Gasteiger partial charge in [0, 0.05) is 6.07 Å². The van der Waals surface area contributed by atoms with Crippen LogP contribution in [0.25, 0.3) is 0 Å². The van der Waals surface area contributed by atoms with Crippen LogP contribution in [0, 0.1) is 0 Å². The number of esters is 1. The van der Waals surface area contributed by atoms with Crippen LogP contribution in [0.3, 0.4) is 0 Å². The number of fused-ring (bicyclic) bond motifs is 1. The first-order valence-electron chi connectivity index (χ1n) is 7.35. The predicted octanol–water partition coefficient (Wildman–Crippen LogP) is 2.31. The Balaban J connectivity index is 2.32. The molecule has 136 valence electrons. The van der Waals surface area contributed by atoms with Crippen LogP contribution in [0.2, 0.25) is 10.0 Å². The second-order valence-electron chi connectivity index (χ2n) is 5.41. The summed E-state index contributed by atoms with van der Waals surface area (Å²) in [5, 5.41) is 9.88. The van der Waals surface area contributed by atoms with Crippen LogP contribution in [0.15, 0.2) is 44.9 Å². The molecule has 0 radical (unpaired) electrons. The summed E-state index contributed by atoms with van der Waals surface area (Å²) in [5.74, 6) is -2.14. The third-order valence-electron chi connectivity index (χ3n) is 3.85. The zero-order valence-corrected chi connectivity index (χ0v) is 14.9. The van der Waals surface area contributed by atoms with Crippen molar-refractivity contribution in [2.24, 2.45) is 5.73 Å². The predicted molar refractivity (Wildman–Crippen MR) is 93.1 cm³/mol. The summed E-state index contributed by atoms with van der Waals surface area (Å²) in [6.45, 7) is -0.511. The summed E-state index contributed by atoms with van der Waals surface area (Å²) in [6, 6.07) is 5.75. The number of ether oxygens (including phenoxy) is 2. The first-order valence-corrected chi connectivity index (χ1v) is 8.11. The third-order valence-corrected chi connectivity index (χ3v) is 4.59. The molecule has 0 spiro atoms. The lowest BCUT2D eigenvalue weighted by atomic mass is 9.86. The van der Waals surface area contributed by atoms with E-state index in [4.69, 9.17) is 42.8 Å². The number of rotatable bonds is 3. The van der Waals surface area contributed by atoms with Gasteiger partial charge in [-0.15, -0.1) is 0 Å². The van der Waals surface area contributed by atoms with Gasteiger partial charge in [0.1, 0.15) is 17.9 Å². The molecule has 0 saturated carbocycles. The van der Waals surface area contributed by atoms with Gasteiger partial charge in [0.25, 0.3) is 0 Å². The Kier molecular flexibility index (Phi) is 4.95. The lowest BCUT2D eigenvalue weighted by Gasteiger charge is -2.26. The average molecular weight is 398 g/mol. The van der Waals surface area contributed by atoms with E-state index in [-0.39, 0.29) is 33.7 Å². The first kappa shape index (κ1) is 18.3. The number of halogens is 2. The molecule has 7 nitrogen and oxygen atoms in total. The van der Waals surface area contributed by atoms with Crippen LogP contribution in [-0.2, 0) is 16.1 Å². The number of nitrogens with two attached hydrogens (primary N) is 1. The van der Waals surface area contributed by atoms with Gasteiger partial charge in [-0.1, -0.05) is 29.3 Å². The largest absolute Gasteiger partial charge is 0.465 e. The van der Waals surface area contributed by atoms with Gasteiger partial charge in [0.15, 0.2) is 5.76 Å². The molecule has 0 aliphatic carbocycles. The summed E-state index contributed by atoms with van der Waals surface area (Å²) in [6.07, 6.45) is 0. The van der Waals surface area contributed by atoms with Crippen molar-refractivity contribution in [1.82, 2.24) is 0 Å². The highest BCUT2D eigenvalue weighted by atomic mass is 35.5. The van der Waals surface area contributed by atoms with Crippen molar-refractivity contribution < 1.29 is 23.8 Å². The molecule has 3 N–H and O–H groups in total. The maximum absolute atomic E-state index is 12.3. The van der Waals surface area contributed by atoms with Gasteiger partial charge in [-0.3, -0.25) is 4.79 Å².